The maximum absolute atomic E-state index is 12.5. The van der Waals surface area contributed by atoms with Crippen molar-refractivity contribution >= 4 is 17.5 Å². The lowest BCUT2D eigenvalue weighted by molar-refractivity contribution is -0.132. The van der Waals surface area contributed by atoms with Crippen LogP contribution in [0.3, 0.4) is 0 Å². The molecule has 2 heterocycles. The van der Waals surface area contributed by atoms with Crippen molar-refractivity contribution in [2.45, 2.75) is 19.0 Å². The summed E-state index contributed by atoms with van der Waals surface area (Å²) < 4.78 is 11.2. The quantitative estimate of drug-likeness (QED) is 0.843. The number of para-hydroxylation sites is 1. The molecule has 0 aliphatic carbocycles. The van der Waals surface area contributed by atoms with E-state index in [4.69, 9.17) is 9.47 Å². The minimum Gasteiger partial charge on any atom is -0.493 e. The number of amides is 2. The highest BCUT2D eigenvalue weighted by molar-refractivity contribution is 6.02. The molecule has 2 amide bonds. The maximum atomic E-state index is 12.5. The first-order chi connectivity index (χ1) is 14.1. The summed E-state index contributed by atoms with van der Waals surface area (Å²) in [5.41, 5.74) is 2.39. The summed E-state index contributed by atoms with van der Waals surface area (Å²) >= 11 is 0. The number of rotatable bonds is 5. The Morgan fingerprint density at radius 1 is 1.14 bits per heavy atom. The van der Waals surface area contributed by atoms with E-state index in [2.05, 4.69) is 5.32 Å². The van der Waals surface area contributed by atoms with Crippen molar-refractivity contribution in [2.24, 2.45) is 0 Å². The van der Waals surface area contributed by atoms with Crippen LogP contribution in [0.25, 0.3) is 0 Å². The maximum Gasteiger partial charge on any atom is 0.260 e. The second kappa shape index (κ2) is 8.03. The van der Waals surface area contributed by atoms with Gasteiger partial charge in [-0.1, -0.05) is 18.2 Å². The summed E-state index contributed by atoms with van der Waals surface area (Å²) in [4.78, 5) is 28.6. The Morgan fingerprint density at radius 2 is 1.90 bits per heavy atom. The number of likely N-dealkylation sites (tertiary alicyclic amines) is 1. The summed E-state index contributed by atoms with van der Waals surface area (Å²) in [6.07, 6.45) is 1.77. The number of hydrogen-bond donors (Lipinski definition) is 1. The van der Waals surface area contributed by atoms with Crippen LogP contribution < -0.4 is 19.7 Å². The van der Waals surface area contributed by atoms with Crippen LogP contribution in [-0.2, 0) is 4.79 Å². The second-order valence-corrected chi connectivity index (χ2v) is 7.29. The largest absolute Gasteiger partial charge is 0.493 e. The number of carbonyl (C=O) groups excluding carboxylic acids is 2. The van der Waals surface area contributed by atoms with E-state index >= 15 is 0 Å². The van der Waals surface area contributed by atoms with Crippen LogP contribution in [0, 0.1) is 0 Å². The second-order valence-electron chi connectivity index (χ2n) is 7.29. The van der Waals surface area contributed by atoms with Gasteiger partial charge in [-0.25, -0.2) is 0 Å². The van der Waals surface area contributed by atoms with Crippen LogP contribution in [0.4, 0.5) is 5.69 Å². The van der Waals surface area contributed by atoms with E-state index < -0.39 is 0 Å². The molecule has 152 valence electrons. The Balaban J connectivity index is 1.52. The van der Waals surface area contributed by atoms with Crippen molar-refractivity contribution in [1.29, 1.82) is 0 Å². The van der Waals surface area contributed by atoms with Gasteiger partial charge in [0.05, 0.1) is 18.4 Å². The summed E-state index contributed by atoms with van der Waals surface area (Å²) in [6, 6.07) is 13.0. The predicted molar refractivity (Wildman–Crippen MR) is 109 cm³/mol. The van der Waals surface area contributed by atoms with Crippen molar-refractivity contribution in [3.8, 4) is 11.5 Å². The Bertz CT molecular complexity index is 924. The Labute approximate surface area is 170 Å². The SMILES string of the molecule is COc1cc(C2NC(=O)c3ccccc3N2C)ccc1OCC(=O)N1CCCC1. The minimum atomic E-state index is -0.327. The van der Waals surface area contributed by atoms with Crippen molar-refractivity contribution in [1.82, 2.24) is 10.2 Å². The van der Waals surface area contributed by atoms with Crippen LogP contribution >= 0.6 is 0 Å². The third-order valence-electron chi connectivity index (χ3n) is 5.50. The van der Waals surface area contributed by atoms with Gasteiger partial charge in [0.25, 0.3) is 11.8 Å². The zero-order valence-electron chi connectivity index (χ0n) is 16.7. The van der Waals surface area contributed by atoms with Gasteiger partial charge in [-0.2, -0.15) is 0 Å². The minimum absolute atomic E-state index is 0.00971. The fraction of sp³-hybridized carbons (Fsp3) is 0.364. The summed E-state index contributed by atoms with van der Waals surface area (Å²) in [5, 5.41) is 3.03. The number of ether oxygens (including phenoxy) is 2. The van der Waals surface area contributed by atoms with Gasteiger partial charge < -0.3 is 24.6 Å². The number of methoxy groups -OCH3 is 1. The number of hydrogen-bond acceptors (Lipinski definition) is 5. The first-order valence-corrected chi connectivity index (χ1v) is 9.79. The van der Waals surface area contributed by atoms with Crippen molar-refractivity contribution < 1.29 is 19.1 Å². The van der Waals surface area contributed by atoms with Gasteiger partial charge in [0.2, 0.25) is 0 Å². The third kappa shape index (κ3) is 3.72. The van der Waals surface area contributed by atoms with E-state index in [1.54, 1.807) is 13.2 Å². The molecule has 1 atom stereocenters. The number of nitrogens with zero attached hydrogens (tertiary/aromatic N) is 2. The molecule has 0 aromatic heterocycles. The molecule has 0 radical (unpaired) electrons. The molecule has 0 saturated carbocycles. The topological polar surface area (TPSA) is 71.1 Å². The van der Waals surface area contributed by atoms with E-state index in [9.17, 15) is 9.59 Å². The molecule has 7 nitrogen and oxygen atoms in total. The molecular formula is C22H25N3O4. The molecule has 1 N–H and O–H groups in total. The van der Waals surface area contributed by atoms with Crippen molar-refractivity contribution in [3.05, 3.63) is 53.6 Å². The number of fused-ring (bicyclic) bond motifs is 1. The number of carbonyl (C=O) groups is 2. The van der Waals surface area contributed by atoms with Gasteiger partial charge in [-0.05, 0) is 42.7 Å². The average Bonchev–Trinajstić information content (AvgIpc) is 3.29. The van der Waals surface area contributed by atoms with Crippen LogP contribution in [-0.4, -0.2) is 50.6 Å². The lowest BCUT2D eigenvalue weighted by atomic mass is 10.0. The van der Waals surface area contributed by atoms with Crippen molar-refractivity contribution in [2.75, 3.05) is 38.8 Å². The van der Waals surface area contributed by atoms with E-state index in [0.717, 1.165) is 37.2 Å². The van der Waals surface area contributed by atoms with Gasteiger partial charge in [0.15, 0.2) is 18.1 Å². The van der Waals surface area contributed by atoms with Gasteiger partial charge >= 0.3 is 0 Å². The van der Waals surface area contributed by atoms with E-state index in [1.165, 1.54) is 0 Å². The first-order valence-electron chi connectivity index (χ1n) is 9.79. The van der Waals surface area contributed by atoms with Gasteiger partial charge in [0.1, 0.15) is 6.17 Å². The molecule has 7 heteroatoms. The summed E-state index contributed by atoms with van der Waals surface area (Å²) in [6.45, 7) is 1.59. The van der Waals surface area contributed by atoms with Crippen LogP contribution in [0.2, 0.25) is 0 Å². The zero-order valence-corrected chi connectivity index (χ0v) is 16.7. The van der Waals surface area contributed by atoms with Crippen LogP contribution in [0.15, 0.2) is 42.5 Å². The monoisotopic (exact) mass is 395 g/mol. The van der Waals surface area contributed by atoms with Gasteiger partial charge in [-0.15, -0.1) is 0 Å². The lowest BCUT2D eigenvalue weighted by Crippen LogP contribution is -2.44. The molecule has 2 aliphatic rings. The standard InChI is InChI=1S/C22H25N3O4/c1-24-17-8-4-3-7-16(17)22(27)23-21(24)15-9-10-18(19(13-15)28-2)29-14-20(26)25-11-5-6-12-25/h3-4,7-10,13,21H,5-6,11-12,14H2,1-2H3,(H,23,27). The Kier molecular flexibility index (Phi) is 5.29. The molecule has 1 fully saturated rings. The highest BCUT2D eigenvalue weighted by atomic mass is 16.5. The summed E-state index contributed by atoms with van der Waals surface area (Å²) in [5.74, 6) is 0.913. The van der Waals surface area contributed by atoms with Crippen LogP contribution in [0.5, 0.6) is 11.5 Å². The normalized spacial score (nSPS) is 18.3. The molecule has 0 bridgehead atoms. The molecule has 29 heavy (non-hydrogen) atoms. The zero-order chi connectivity index (χ0) is 20.4. The lowest BCUT2D eigenvalue weighted by Gasteiger charge is -2.36. The number of benzene rings is 2. The predicted octanol–water partition coefficient (Wildman–Crippen LogP) is 2.57. The van der Waals surface area contributed by atoms with E-state index in [-0.39, 0.29) is 24.6 Å². The number of nitrogens with one attached hydrogen (secondary N) is 1. The molecular weight excluding hydrogens is 370 g/mol. The highest BCUT2D eigenvalue weighted by Gasteiger charge is 2.29. The van der Waals surface area contributed by atoms with Gasteiger partial charge in [-0.3, -0.25) is 9.59 Å². The smallest absolute Gasteiger partial charge is 0.260 e. The fourth-order valence-electron chi connectivity index (χ4n) is 3.89. The molecule has 4 rings (SSSR count). The average molecular weight is 395 g/mol. The molecule has 1 unspecified atom stereocenters. The molecule has 2 aromatic rings. The van der Waals surface area contributed by atoms with E-state index in [1.807, 2.05) is 53.2 Å². The van der Waals surface area contributed by atoms with Crippen molar-refractivity contribution in [3.63, 3.8) is 0 Å². The molecule has 2 aliphatic heterocycles. The van der Waals surface area contributed by atoms with Gasteiger partial charge in [0, 0.05) is 20.1 Å². The molecule has 2 aromatic carbocycles. The highest BCUT2D eigenvalue weighted by Crippen LogP contribution is 2.35. The summed E-state index contributed by atoms with van der Waals surface area (Å²) in [7, 11) is 3.50. The third-order valence-corrected chi connectivity index (χ3v) is 5.50. The fourth-order valence-corrected chi connectivity index (χ4v) is 3.89. The van der Waals surface area contributed by atoms with E-state index in [0.29, 0.717) is 17.1 Å². The molecule has 0 spiro atoms. The Hall–Kier alpha value is -3.22. The molecule has 1 saturated heterocycles. The first kappa shape index (κ1) is 19.1. The Morgan fingerprint density at radius 3 is 2.66 bits per heavy atom. The van der Waals surface area contributed by atoms with Crippen LogP contribution in [0.1, 0.15) is 34.9 Å². The number of anilines is 1.